The van der Waals surface area contributed by atoms with E-state index in [9.17, 15) is 35.7 Å². The van der Waals surface area contributed by atoms with Gasteiger partial charge in [0.2, 0.25) is 0 Å². The summed E-state index contributed by atoms with van der Waals surface area (Å²) in [6, 6.07) is 0. The minimum Gasteiger partial charge on any atom is -0.394 e. The first-order valence-corrected chi connectivity index (χ1v) is 17.8. The molecule has 2 aliphatic heterocycles. The number of rotatable bonds is 24. The van der Waals surface area contributed by atoms with E-state index in [1.807, 2.05) is 0 Å². The maximum absolute atomic E-state index is 10.7. The minimum absolute atomic E-state index is 0.0938. The Bertz CT molecular complexity index is 743. The van der Waals surface area contributed by atoms with E-state index in [4.69, 9.17) is 18.9 Å². The molecule has 260 valence electrons. The van der Waals surface area contributed by atoms with Gasteiger partial charge in [-0.3, -0.25) is 0 Å². The van der Waals surface area contributed by atoms with Gasteiger partial charge in [-0.2, -0.15) is 11.8 Å². The summed E-state index contributed by atoms with van der Waals surface area (Å²) in [6.45, 7) is 5.12. The number of hydrogen-bond donors (Lipinski definition) is 7. The first kappa shape index (κ1) is 39.8. The highest BCUT2D eigenvalue weighted by Gasteiger charge is 2.50. The monoisotopic (exact) mass is 652 g/mol. The van der Waals surface area contributed by atoms with Crippen molar-refractivity contribution in [1.29, 1.82) is 0 Å². The fourth-order valence-electron chi connectivity index (χ4n) is 5.55. The molecule has 44 heavy (non-hydrogen) atoms. The summed E-state index contributed by atoms with van der Waals surface area (Å²) in [7, 11) is 0. The van der Waals surface area contributed by atoms with Crippen LogP contribution in [0.2, 0.25) is 0 Å². The molecule has 0 saturated carbocycles. The van der Waals surface area contributed by atoms with E-state index in [0.29, 0.717) is 5.75 Å². The van der Waals surface area contributed by atoms with Gasteiger partial charge in [0.25, 0.3) is 0 Å². The number of unbranched alkanes of at least 4 members (excludes halogenated alkanes) is 13. The van der Waals surface area contributed by atoms with Crippen LogP contribution >= 0.6 is 11.8 Å². The highest BCUT2D eigenvalue weighted by atomic mass is 32.2. The Morgan fingerprint density at radius 2 is 1.14 bits per heavy atom. The lowest BCUT2D eigenvalue weighted by Gasteiger charge is -2.45. The summed E-state index contributed by atoms with van der Waals surface area (Å²) in [5.41, 5.74) is 0.797. The molecule has 0 aliphatic carbocycles. The standard InChI is InChI=1S/C32H60O11S/c1-3-4-5-6-7-8-9-10-11-12-13-14-15-16-17-44-21-22(2)20-40-31-29(39)27(37)30(24(19-34)42-31)43-32-28(38)26(36)25(35)23(18-33)41-32/h23-39H,2-21H2,1H3/t23-,24-,25+,26+,27-,28-,29-,30+,31+,32+/m1/s1. The van der Waals surface area contributed by atoms with E-state index in [0.717, 1.165) is 17.7 Å². The summed E-state index contributed by atoms with van der Waals surface area (Å²) < 4.78 is 22.2. The van der Waals surface area contributed by atoms with Gasteiger partial charge in [0.1, 0.15) is 48.8 Å². The Morgan fingerprint density at radius 3 is 1.68 bits per heavy atom. The average molecular weight is 653 g/mol. The van der Waals surface area contributed by atoms with Crippen LogP contribution in [0, 0.1) is 0 Å². The molecule has 0 aromatic carbocycles. The third kappa shape index (κ3) is 13.8. The smallest absolute Gasteiger partial charge is 0.187 e. The van der Waals surface area contributed by atoms with Crippen LogP contribution in [0.3, 0.4) is 0 Å². The molecule has 2 rings (SSSR count). The fourth-order valence-corrected chi connectivity index (χ4v) is 6.47. The number of aliphatic hydroxyl groups is 7. The van der Waals surface area contributed by atoms with Crippen molar-refractivity contribution in [2.45, 2.75) is 158 Å². The Hall–Kier alpha value is -0.350. The molecule has 2 saturated heterocycles. The number of hydrogen-bond acceptors (Lipinski definition) is 12. The van der Waals surface area contributed by atoms with Crippen molar-refractivity contribution < 1.29 is 54.7 Å². The quantitative estimate of drug-likeness (QED) is 0.0599. The van der Waals surface area contributed by atoms with Gasteiger partial charge in [-0.25, -0.2) is 0 Å². The molecular formula is C32H60O11S. The second kappa shape index (κ2) is 23.1. The maximum atomic E-state index is 10.7. The Morgan fingerprint density at radius 1 is 0.636 bits per heavy atom. The van der Waals surface area contributed by atoms with Crippen LogP contribution in [0.25, 0.3) is 0 Å². The SMILES string of the molecule is C=C(CO[C@H]1O[C@H](CO)[C@H](O[C@@H]2O[C@H](CO)[C@H](O)[C@H](O)[C@H]2O)[C@H](O)[C@H]1O)CSCCCCCCCCCCCCCCCC. The topological polar surface area (TPSA) is 179 Å². The average Bonchev–Trinajstić information content (AvgIpc) is 3.02. The van der Waals surface area contributed by atoms with Gasteiger partial charge < -0.3 is 54.7 Å². The Labute approximate surface area is 267 Å². The lowest BCUT2D eigenvalue weighted by atomic mass is 9.97. The third-order valence-electron chi connectivity index (χ3n) is 8.36. The molecular weight excluding hydrogens is 592 g/mol. The molecule has 7 N–H and O–H groups in total. The molecule has 2 heterocycles. The van der Waals surface area contributed by atoms with Gasteiger partial charge in [0, 0.05) is 5.75 Å². The minimum atomic E-state index is -1.71. The van der Waals surface area contributed by atoms with Crippen LogP contribution in [0.4, 0.5) is 0 Å². The lowest BCUT2D eigenvalue weighted by molar-refractivity contribution is -0.358. The lowest BCUT2D eigenvalue weighted by Crippen LogP contribution is -2.64. The second-order valence-corrected chi connectivity index (χ2v) is 13.3. The molecule has 0 spiro atoms. The zero-order chi connectivity index (χ0) is 32.3. The van der Waals surface area contributed by atoms with E-state index >= 15 is 0 Å². The van der Waals surface area contributed by atoms with Crippen molar-refractivity contribution >= 4 is 11.8 Å². The van der Waals surface area contributed by atoms with Crippen molar-refractivity contribution in [3.8, 4) is 0 Å². The van der Waals surface area contributed by atoms with Crippen molar-refractivity contribution in [2.75, 3.05) is 31.3 Å². The molecule has 0 radical (unpaired) electrons. The first-order chi connectivity index (χ1) is 21.2. The van der Waals surface area contributed by atoms with Crippen molar-refractivity contribution in [1.82, 2.24) is 0 Å². The predicted molar refractivity (Wildman–Crippen MR) is 169 cm³/mol. The molecule has 12 heteroatoms. The fraction of sp³-hybridized carbons (Fsp3) is 0.938. The number of thioether (sulfide) groups is 1. The van der Waals surface area contributed by atoms with Crippen LogP contribution in [-0.4, -0.2) is 128 Å². The van der Waals surface area contributed by atoms with E-state index in [2.05, 4.69) is 13.5 Å². The van der Waals surface area contributed by atoms with Crippen molar-refractivity contribution in [2.24, 2.45) is 0 Å². The van der Waals surface area contributed by atoms with Crippen LogP contribution in [0.15, 0.2) is 12.2 Å². The van der Waals surface area contributed by atoms with Gasteiger partial charge in [-0.05, 0) is 17.7 Å². The Balaban J connectivity index is 1.57. The first-order valence-electron chi connectivity index (χ1n) is 16.7. The molecule has 11 nitrogen and oxygen atoms in total. The molecule has 0 unspecified atom stereocenters. The van der Waals surface area contributed by atoms with Gasteiger partial charge >= 0.3 is 0 Å². The summed E-state index contributed by atoms with van der Waals surface area (Å²) >= 11 is 1.78. The van der Waals surface area contributed by atoms with Gasteiger partial charge in [-0.15, -0.1) is 0 Å². The van der Waals surface area contributed by atoms with Crippen molar-refractivity contribution in [3.05, 3.63) is 12.2 Å². The number of aliphatic hydroxyl groups excluding tert-OH is 7. The summed E-state index contributed by atoms with van der Waals surface area (Å²) in [5.74, 6) is 1.72. The molecule has 2 aliphatic rings. The highest BCUT2D eigenvalue weighted by molar-refractivity contribution is 7.99. The summed E-state index contributed by atoms with van der Waals surface area (Å²) in [6.07, 6.45) is 3.97. The Kier molecular flexibility index (Phi) is 20.9. The molecule has 0 aromatic rings. The summed E-state index contributed by atoms with van der Waals surface area (Å²) in [5, 5.41) is 70.8. The van der Waals surface area contributed by atoms with E-state index in [1.54, 1.807) is 11.8 Å². The van der Waals surface area contributed by atoms with E-state index < -0.39 is 74.6 Å². The zero-order valence-corrected chi connectivity index (χ0v) is 27.4. The third-order valence-corrected chi connectivity index (χ3v) is 9.55. The maximum Gasteiger partial charge on any atom is 0.187 e. The van der Waals surface area contributed by atoms with E-state index in [1.165, 1.54) is 83.5 Å². The molecule has 0 amide bonds. The molecule has 10 atom stereocenters. The number of ether oxygens (including phenoxy) is 4. The van der Waals surface area contributed by atoms with Gasteiger partial charge in [0.15, 0.2) is 12.6 Å². The predicted octanol–water partition coefficient (Wildman–Crippen LogP) is 2.40. The van der Waals surface area contributed by atoms with Crippen LogP contribution < -0.4 is 0 Å². The zero-order valence-electron chi connectivity index (χ0n) is 26.6. The largest absolute Gasteiger partial charge is 0.394 e. The van der Waals surface area contributed by atoms with Crippen LogP contribution in [-0.2, 0) is 18.9 Å². The van der Waals surface area contributed by atoms with Gasteiger partial charge in [-0.1, -0.05) is 97.0 Å². The van der Waals surface area contributed by atoms with Crippen molar-refractivity contribution in [3.63, 3.8) is 0 Å². The highest BCUT2D eigenvalue weighted by Crippen LogP contribution is 2.30. The molecule has 2 fully saturated rings. The van der Waals surface area contributed by atoms with Crippen LogP contribution in [0.1, 0.15) is 96.8 Å². The molecule has 0 bridgehead atoms. The summed E-state index contributed by atoms with van der Waals surface area (Å²) in [4.78, 5) is 0. The van der Waals surface area contributed by atoms with Crippen LogP contribution in [0.5, 0.6) is 0 Å². The van der Waals surface area contributed by atoms with E-state index in [-0.39, 0.29) is 6.61 Å². The second-order valence-electron chi connectivity index (χ2n) is 12.2. The van der Waals surface area contributed by atoms with Gasteiger partial charge in [0.05, 0.1) is 19.8 Å². The normalized spacial score (nSPS) is 32.6. The molecule has 0 aromatic heterocycles.